The third-order valence-corrected chi connectivity index (χ3v) is 4.80. The van der Waals surface area contributed by atoms with Crippen LogP contribution >= 0.6 is 0 Å². The SMILES string of the molecule is CCNC(=NCCCc1nnc2ccccn12)N(C)Cc1ccc(OC)cc1OC. The number of nitrogens with zero attached hydrogens (tertiary/aromatic N) is 5. The first-order chi connectivity index (χ1) is 14.7. The highest BCUT2D eigenvalue weighted by molar-refractivity contribution is 5.79. The second kappa shape index (κ2) is 10.5. The van der Waals surface area contributed by atoms with Crippen molar-refractivity contribution in [2.75, 3.05) is 34.4 Å². The Morgan fingerprint density at radius 3 is 2.80 bits per heavy atom. The largest absolute Gasteiger partial charge is 0.497 e. The fraction of sp³-hybridized carbons (Fsp3) is 0.409. The monoisotopic (exact) mass is 410 g/mol. The van der Waals surface area contributed by atoms with Gasteiger partial charge in [0.25, 0.3) is 0 Å². The number of aryl methyl sites for hydroxylation is 1. The van der Waals surface area contributed by atoms with E-state index in [9.17, 15) is 0 Å². The molecule has 0 aliphatic rings. The van der Waals surface area contributed by atoms with Crippen LogP contribution in [0.3, 0.4) is 0 Å². The lowest BCUT2D eigenvalue weighted by molar-refractivity contribution is 0.382. The summed E-state index contributed by atoms with van der Waals surface area (Å²) in [6.07, 6.45) is 3.71. The van der Waals surface area contributed by atoms with E-state index in [0.717, 1.165) is 53.9 Å². The average Bonchev–Trinajstić information content (AvgIpc) is 3.19. The van der Waals surface area contributed by atoms with Gasteiger partial charge in [-0.05, 0) is 37.6 Å². The van der Waals surface area contributed by atoms with Crippen LogP contribution in [-0.2, 0) is 13.0 Å². The van der Waals surface area contributed by atoms with E-state index in [0.29, 0.717) is 13.1 Å². The van der Waals surface area contributed by atoms with E-state index in [-0.39, 0.29) is 0 Å². The van der Waals surface area contributed by atoms with Crippen molar-refractivity contribution >= 4 is 11.6 Å². The Balaban J connectivity index is 1.62. The van der Waals surface area contributed by atoms with E-state index in [4.69, 9.17) is 14.5 Å². The minimum absolute atomic E-state index is 0.674. The summed E-state index contributed by atoms with van der Waals surface area (Å²) in [6.45, 7) is 4.25. The molecule has 0 amide bonds. The van der Waals surface area contributed by atoms with Gasteiger partial charge in [-0.15, -0.1) is 10.2 Å². The number of benzene rings is 1. The van der Waals surface area contributed by atoms with Gasteiger partial charge in [0.05, 0.1) is 14.2 Å². The Hall–Kier alpha value is -3.29. The molecular weight excluding hydrogens is 380 g/mol. The second-order valence-corrected chi connectivity index (χ2v) is 6.92. The zero-order valence-corrected chi connectivity index (χ0v) is 18.1. The molecule has 0 aliphatic carbocycles. The van der Waals surface area contributed by atoms with Crippen LogP contribution in [0.2, 0.25) is 0 Å². The predicted octanol–water partition coefficient (Wildman–Crippen LogP) is 2.78. The molecule has 3 rings (SSSR count). The molecule has 0 saturated heterocycles. The van der Waals surface area contributed by atoms with Crippen LogP contribution in [0.15, 0.2) is 47.6 Å². The zero-order valence-electron chi connectivity index (χ0n) is 18.1. The van der Waals surface area contributed by atoms with Crippen LogP contribution in [0.4, 0.5) is 0 Å². The maximum Gasteiger partial charge on any atom is 0.193 e. The summed E-state index contributed by atoms with van der Waals surface area (Å²) in [6, 6.07) is 11.8. The van der Waals surface area contributed by atoms with Gasteiger partial charge < -0.3 is 19.7 Å². The van der Waals surface area contributed by atoms with Gasteiger partial charge in [-0.3, -0.25) is 9.39 Å². The quantitative estimate of drug-likeness (QED) is 0.332. The number of rotatable bonds is 9. The summed E-state index contributed by atoms with van der Waals surface area (Å²) >= 11 is 0. The lowest BCUT2D eigenvalue weighted by atomic mass is 10.2. The molecule has 0 saturated carbocycles. The molecule has 8 nitrogen and oxygen atoms in total. The first kappa shape index (κ1) is 21.4. The molecule has 2 heterocycles. The van der Waals surface area contributed by atoms with Crippen LogP contribution in [0.1, 0.15) is 24.7 Å². The zero-order chi connectivity index (χ0) is 21.3. The van der Waals surface area contributed by atoms with Crippen molar-refractivity contribution in [2.24, 2.45) is 4.99 Å². The molecule has 160 valence electrons. The van der Waals surface area contributed by atoms with E-state index in [1.165, 1.54) is 0 Å². The van der Waals surface area contributed by atoms with Crippen LogP contribution in [-0.4, -0.2) is 59.8 Å². The van der Waals surface area contributed by atoms with Gasteiger partial charge in [0.1, 0.15) is 17.3 Å². The van der Waals surface area contributed by atoms with E-state index in [1.54, 1.807) is 14.2 Å². The van der Waals surface area contributed by atoms with Crippen molar-refractivity contribution in [1.29, 1.82) is 0 Å². The molecule has 0 spiro atoms. The van der Waals surface area contributed by atoms with Gasteiger partial charge >= 0.3 is 0 Å². The number of aromatic nitrogens is 3. The molecule has 0 aliphatic heterocycles. The summed E-state index contributed by atoms with van der Waals surface area (Å²) in [4.78, 5) is 6.88. The van der Waals surface area contributed by atoms with Gasteiger partial charge in [0.2, 0.25) is 0 Å². The third kappa shape index (κ3) is 5.20. The van der Waals surface area contributed by atoms with Crippen LogP contribution in [0, 0.1) is 0 Å². The first-order valence-electron chi connectivity index (χ1n) is 10.1. The fourth-order valence-corrected chi connectivity index (χ4v) is 3.27. The summed E-state index contributed by atoms with van der Waals surface area (Å²) in [7, 11) is 5.35. The normalized spacial score (nSPS) is 11.5. The average molecular weight is 411 g/mol. The molecular formula is C22H30N6O2. The Kier molecular flexibility index (Phi) is 7.48. The predicted molar refractivity (Wildman–Crippen MR) is 118 cm³/mol. The standard InChI is InChI=1S/C22H30N6O2/c1-5-23-22(27(2)16-17-11-12-18(29-3)15-19(17)30-4)24-13-8-10-21-26-25-20-9-6-7-14-28(20)21/h6-7,9,11-12,14-15H,5,8,10,13,16H2,1-4H3,(H,23,24). The lowest BCUT2D eigenvalue weighted by Gasteiger charge is -2.23. The topological polar surface area (TPSA) is 76.3 Å². The van der Waals surface area contributed by atoms with E-state index < -0.39 is 0 Å². The lowest BCUT2D eigenvalue weighted by Crippen LogP contribution is -2.38. The van der Waals surface area contributed by atoms with E-state index >= 15 is 0 Å². The molecule has 0 radical (unpaired) electrons. The molecule has 2 aromatic heterocycles. The maximum atomic E-state index is 5.52. The maximum absolute atomic E-state index is 5.52. The van der Waals surface area contributed by atoms with Gasteiger partial charge in [0.15, 0.2) is 11.6 Å². The number of aliphatic imine (C=N–C) groups is 1. The minimum atomic E-state index is 0.674. The van der Waals surface area contributed by atoms with Crippen molar-refractivity contribution < 1.29 is 9.47 Å². The number of hydrogen-bond donors (Lipinski definition) is 1. The molecule has 3 aromatic rings. The van der Waals surface area contributed by atoms with E-state index in [1.807, 2.05) is 54.0 Å². The van der Waals surface area contributed by atoms with Gasteiger partial charge in [-0.2, -0.15) is 0 Å². The molecule has 0 bridgehead atoms. The third-order valence-electron chi connectivity index (χ3n) is 4.80. The smallest absolute Gasteiger partial charge is 0.193 e. The number of fused-ring (bicyclic) bond motifs is 1. The minimum Gasteiger partial charge on any atom is -0.497 e. The summed E-state index contributed by atoms with van der Waals surface area (Å²) in [5.74, 6) is 3.40. The first-order valence-corrected chi connectivity index (χ1v) is 10.1. The van der Waals surface area contributed by atoms with Gasteiger partial charge in [-0.25, -0.2) is 0 Å². The van der Waals surface area contributed by atoms with Crippen molar-refractivity contribution in [3.8, 4) is 11.5 Å². The highest BCUT2D eigenvalue weighted by Crippen LogP contribution is 2.25. The van der Waals surface area contributed by atoms with E-state index in [2.05, 4.69) is 27.3 Å². The van der Waals surface area contributed by atoms with Crippen molar-refractivity contribution in [3.05, 3.63) is 54.0 Å². The van der Waals surface area contributed by atoms with Crippen molar-refractivity contribution in [1.82, 2.24) is 24.8 Å². The van der Waals surface area contributed by atoms with Gasteiger partial charge in [-0.1, -0.05) is 6.07 Å². The fourth-order valence-electron chi connectivity index (χ4n) is 3.27. The second-order valence-electron chi connectivity index (χ2n) is 6.92. The number of nitrogens with one attached hydrogen (secondary N) is 1. The number of ether oxygens (including phenoxy) is 2. The summed E-state index contributed by atoms with van der Waals surface area (Å²) < 4.78 is 12.8. The van der Waals surface area contributed by atoms with Crippen LogP contribution < -0.4 is 14.8 Å². The molecule has 8 heteroatoms. The molecule has 0 unspecified atom stereocenters. The summed E-state index contributed by atoms with van der Waals surface area (Å²) in [5, 5.41) is 11.9. The highest BCUT2D eigenvalue weighted by Gasteiger charge is 2.11. The molecule has 0 atom stereocenters. The summed E-state index contributed by atoms with van der Waals surface area (Å²) in [5.41, 5.74) is 1.94. The molecule has 1 N–H and O–H groups in total. The molecule has 1 aromatic carbocycles. The van der Waals surface area contributed by atoms with Crippen molar-refractivity contribution in [3.63, 3.8) is 0 Å². The highest BCUT2D eigenvalue weighted by atomic mass is 16.5. The number of guanidine groups is 1. The number of methoxy groups -OCH3 is 2. The van der Waals surface area contributed by atoms with Gasteiger partial charge in [0, 0.05) is 50.9 Å². The van der Waals surface area contributed by atoms with Crippen molar-refractivity contribution in [2.45, 2.75) is 26.3 Å². The molecule has 0 fully saturated rings. The Morgan fingerprint density at radius 1 is 1.17 bits per heavy atom. The Bertz CT molecular complexity index is 985. The Labute approximate surface area is 177 Å². The Morgan fingerprint density at radius 2 is 2.03 bits per heavy atom. The van der Waals surface area contributed by atoms with Crippen LogP contribution in [0.5, 0.6) is 11.5 Å². The van der Waals surface area contributed by atoms with Crippen LogP contribution in [0.25, 0.3) is 5.65 Å². The number of pyridine rings is 1. The molecule has 30 heavy (non-hydrogen) atoms. The number of hydrogen-bond acceptors (Lipinski definition) is 5.